The molecule has 0 spiro atoms. The number of benzene rings is 2. The van der Waals surface area contributed by atoms with E-state index in [1.807, 2.05) is 24.3 Å². The smallest absolute Gasteiger partial charge is 0.409 e. The van der Waals surface area contributed by atoms with Gasteiger partial charge in [-0.25, -0.2) is 4.79 Å². The van der Waals surface area contributed by atoms with Gasteiger partial charge in [-0.2, -0.15) is 0 Å². The van der Waals surface area contributed by atoms with Crippen LogP contribution in [-0.2, 0) is 11.2 Å². The topological polar surface area (TPSA) is 59.0 Å². The third-order valence-corrected chi connectivity index (χ3v) is 5.49. The lowest BCUT2D eigenvalue weighted by atomic mass is 10.1. The summed E-state index contributed by atoms with van der Waals surface area (Å²) in [6, 6.07) is 16.0. The van der Waals surface area contributed by atoms with E-state index >= 15 is 0 Å². The van der Waals surface area contributed by atoms with Crippen LogP contribution in [0, 0.1) is 0 Å². The van der Waals surface area contributed by atoms with Crippen molar-refractivity contribution in [1.29, 1.82) is 0 Å². The molecule has 1 heterocycles. The van der Waals surface area contributed by atoms with Crippen molar-refractivity contribution in [3.05, 3.63) is 54.1 Å². The summed E-state index contributed by atoms with van der Waals surface area (Å²) in [5, 5.41) is 9.48. The van der Waals surface area contributed by atoms with Crippen LogP contribution in [0.5, 0.6) is 5.75 Å². The standard InChI is InChI=1S/C20H23NO4S/c1-20(2)21(19(22)23)15(13-25-20)12-14-4-8-17(9-5-14)26-18-10-6-16(24-3)7-11-18/h4-11,15H,12-13H2,1-3H3,(H,22,23). The summed E-state index contributed by atoms with van der Waals surface area (Å²) in [4.78, 5) is 15.2. The second-order valence-corrected chi connectivity index (χ2v) is 7.84. The van der Waals surface area contributed by atoms with Gasteiger partial charge in [-0.05, 0) is 62.2 Å². The highest BCUT2D eigenvalue weighted by atomic mass is 32.2. The van der Waals surface area contributed by atoms with Crippen LogP contribution in [0.15, 0.2) is 58.3 Å². The Labute approximate surface area is 157 Å². The van der Waals surface area contributed by atoms with Crippen LogP contribution in [0.25, 0.3) is 0 Å². The van der Waals surface area contributed by atoms with Crippen LogP contribution in [0.4, 0.5) is 4.79 Å². The van der Waals surface area contributed by atoms with E-state index in [2.05, 4.69) is 24.3 Å². The molecule has 1 aliphatic heterocycles. The molecule has 1 amide bonds. The predicted molar refractivity (Wildman–Crippen MR) is 101 cm³/mol. The summed E-state index contributed by atoms with van der Waals surface area (Å²) in [6.07, 6.45) is -0.298. The largest absolute Gasteiger partial charge is 0.497 e. The number of nitrogens with zero attached hydrogens (tertiary/aromatic N) is 1. The van der Waals surface area contributed by atoms with Crippen LogP contribution < -0.4 is 4.74 Å². The first-order valence-electron chi connectivity index (χ1n) is 8.46. The minimum absolute atomic E-state index is 0.164. The minimum atomic E-state index is -0.941. The van der Waals surface area contributed by atoms with Crippen LogP contribution in [0.1, 0.15) is 19.4 Å². The fraction of sp³-hybridized carbons (Fsp3) is 0.350. The molecule has 1 unspecified atom stereocenters. The molecule has 0 radical (unpaired) electrons. The maximum atomic E-state index is 11.6. The predicted octanol–water partition coefficient (Wildman–Crippen LogP) is 4.50. The van der Waals surface area contributed by atoms with E-state index in [1.54, 1.807) is 32.7 Å². The second-order valence-electron chi connectivity index (χ2n) is 6.69. The van der Waals surface area contributed by atoms with Gasteiger partial charge in [-0.15, -0.1) is 0 Å². The normalized spacial score (nSPS) is 18.7. The van der Waals surface area contributed by atoms with Gasteiger partial charge in [0.15, 0.2) is 0 Å². The zero-order chi connectivity index (χ0) is 18.7. The molecule has 2 aromatic carbocycles. The van der Waals surface area contributed by atoms with Crippen LogP contribution in [0.3, 0.4) is 0 Å². The lowest BCUT2D eigenvalue weighted by molar-refractivity contribution is -0.0419. The van der Waals surface area contributed by atoms with Gasteiger partial charge >= 0.3 is 6.09 Å². The third kappa shape index (κ3) is 4.14. The lowest BCUT2D eigenvalue weighted by Crippen LogP contribution is -2.47. The summed E-state index contributed by atoms with van der Waals surface area (Å²) >= 11 is 1.68. The Hall–Kier alpha value is -2.18. The third-order valence-electron chi connectivity index (χ3n) is 4.47. The Kier molecular flexibility index (Phi) is 5.44. The van der Waals surface area contributed by atoms with Gasteiger partial charge in [-0.3, -0.25) is 4.90 Å². The molecule has 1 atom stereocenters. The summed E-state index contributed by atoms with van der Waals surface area (Å²) in [6.45, 7) is 3.99. The zero-order valence-corrected chi connectivity index (χ0v) is 16.0. The van der Waals surface area contributed by atoms with Crippen molar-refractivity contribution in [1.82, 2.24) is 4.90 Å². The average Bonchev–Trinajstić information content (AvgIpc) is 2.91. The number of ether oxygens (including phenoxy) is 2. The van der Waals surface area contributed by atoms with Gasteiger partial charge in [0.1, 0.15) is 11.5 Å². The Morgan fingerprint density at radius 1 is 1.19 bits per heavy atom. The molecule has 1 N–H and O–H groups in total. The molecule has 1 saturated heterocycles. The van der Waals surface area contributed by atoms with E-state index in [-0.39, 0.29) is 6.04 Å². The summed E-state index contributed by atoms with van der Waals surface area (Å²) in [5.74, 6) is 0.842. The zero-order valence-electron chi connectivity index (χ0n) is 15.1. The molecule has 1 aliphatic rings. The second kappa shape index (κ2) is 7.60. The van der Waals surface area contributed by atoms with E-state index in [1.165, 1.54) is 4.90 Å². The number of amides is 1. The SMILES string of the molecule is COc1ccc(Sc2ccc(CC3COC(C)(C)N3C(=O)O)cc2)cc1. The van der Waals surface area contributed by atoms with Gasteiger partial charge in [0.25, 0.3) is 0 Å². The number of hydrogen-bond acceptors (Lipinski definition) is 4. The maximum absolute atomic E-state index is 11.6. The number of methoxy groups -OCH3 is 1. The van der Waals surface area contributed by atoms with Gasteiger partial charge in [0.05, 0.1) is 19.8 Å². The van der Waals surface area contributed by atoms with Crippen molar-refractivity contribution in [3.8, 4) is 5.75 Å². The molecule has 6 heteroatoms. The number of carbonyl (C=O) groups is 1. The van der Waals surface area contributed by atoms with Crippen LogP contribution in [0.2, 0.25) is 0 Å². The van der Waals surface area contributed by atoms with Crippen molar-refractivity contribution < 1.29 is 19.4 Å². The quantitative estimate of drug-likeness (QED) is 0.836. The highest BCUT2D eigenvalue weighted by Gasteiger charge is 2.43. The van der Waals surface area contributed by atoms with E-state index < -0.39 is 11.8 Å². The molecule has 0 bridgehead atoms. The minimum Gasteiger partial charge on any atom is -0.497 e. The molecule has 0 aromatic heterocycles. The van der Waals surface area contributed by atoms with E-state index in [4.69, 9.17) is 9.47 Å². The molecule has 26 heavy (non-hydrogen) atoms. The van der Waals surface area contributed by atoms with Crippen molar-refractivity contribution in [2.24, 2.45) is 0 Å². The van der Waals surface area contributed by atoms with E-state index in [0.29, 0.717) is 13.0 Å². The van der Waals surface area contributed by atoms with Gasteiger partial charge < -0.3 is 14.6 Å². The maximum Gasteiger partial charge on any atom is 0.409 e. The molecule has 5 nitrogen and oxygen atoms in total. The molecular weight excluding hydrogens is 350 g/mol. The summed E-state index contributed by atoms with van der Waals surface area (Å²) in [5.41, 5.74) is 0.322. The monoisotopic (exact) mass is 373 g/mol. The molecule has 0 saturated carbocycles. The van der Waals surface area contributed by atoms with E-state index in [9.17, 15) is 9.90 Å². The van der Waals surface area contributed by atoms with Crippen molar-refractivity contribution in [3.63, 3.8) is 0 Å². The van der Waals surface area contributed by atoms with Gasteiger partial charge in [-0.1, -0.05) is 23.9 Å². The van der Waals surface area contributed by atoms with Crippen LogP contribution in [-0.4, -0.2) is 41.6 Å². The first kappa shape index (κ1) is 18.6. The molecular formula is C20H23NO4S. The molecule has 138 valence electrons. The highest BCUT2D eigenvalue weighted by molar-refractivity contribution is 7.99. The van der Waals surface area contributed by atoms with Crippen molar-refractivity contribution in [2.45, 2.75) is 41.8 Å². The molecule has 3 rings (SSSR count). The molecule has 2 aromatic rings. The average molecular weight is 373 g/mol. The summed E-state index contributed by atoms with van der Waals surface area (Å²) < 4.78 is 10.8. The van der Waals surface area contributed by atoms with Crippen molar-refractivity contribution in [2.75, 3.05) is 13.7 Å². The number of rotatable bonds is 5. The Balaban J connectivity index is 1.65. The van der Waals surface area contributed by atoms with Crippen molar-refractivity contribution >= 4 is 17.9 Å². The first-order chi connectivity index (χ1) is 12.4. The Morgan fingerprint density at radius 3 is 2.31 bits per heavy atom. The Bertz CT molecular complexity index is 758. The number of hydrogen-bond donors (Lipinski definition) is 1. The van der Waals surface area contributed by atoms with E-state index in [0.717, 1.165) is 21.1 Å². The Morgan fingerprint density at radius 2 is 1.77 bits per heavy atom. The van der Waals surface area contributed by atoms with Gasteiger partial charge in [0, 0.05) is 9.79 Å². The van der Waals surface area contributed by atoms with Gasteiger partial charge in [0.2, 0.25) is 0 Å². The number of carboxylic acid groups (broad SMARTS) is 1. The fourth-order valence-corrected chi connectivity index (χ4v) is 3.98. The highest BCUT2D eigenvalue weighted by Crippen LogP contribution is 2.31. The molecule has 0 aliphatic carbocycles. The summed E-state index contributed by atoms with van der Waals surface area (Å²) in [7, 11) is 1.66. The first-order valence-corrected chi connectivity index (χ1v) is 9.28. The molecule has 1 fully saturated rings. The lowest BCUT2D eigenvalue weighted by Gasteiger charge is -2.31. The van der Waals surface area contributed by atoms with Crippen LogP contribution >= 0.6 is 11.8 Å². The fourth-order valence-electron chi connectivity index (χ4n) is 3.17.